The van der Waals surface area contributed by atoms with E-state index in [0.717, 1.165) is 70.6 Å². The van der Waals surface area contributed by atoms with Crippen LogP contribution in [0.1, 0.15) is 233 Å². The molecule has 13 nitrogen and oxygen atoms in total. The van der Waals surface area contributed by atoms with Gasteiger partial charge in [-0.1, -0.05) is 188 Å². The van der Waals surface area contributed by atoms with Gasteiger partial charge < -0.3 is 39.5 Å². The van der Waals surface area contributed by atoms with E-state index in [4.69, 9.17) is 18.7 Å². The molecule has 0 radical (unpaired) electrons. The number of aliphatic hydroxyl groups is 2. The number of esters is 2. The lowest BCUT2D eigenvalue weighted by Crippen LogP contribution is -2.65. The number of carbonyl (C=O) groups excluding carboxylic acids is 3. The number of phosphoric ester groups is 1. The lowest BCUT2D eigenvalue weighted by Gasteiger charge is -2.43. The highest BCUT2D eigenvalue weighted by atomic mass is 31.2. The Morgan fingerprint density at radius 2 is 1.00 bits per heavy atom. The molecule has 6 atom stereocenters. The zero-order valence-corrected chi connectivity index (χ0v) is 38.9. The summed E-state index contributed by atoms with van der Waals surface area (Å²) < 4.78 is 34.0. The van der Waals surface area contributed by atoms with Crippen molar-refractivity contribution in [3.8, 4) is 0 Å². The maximum absolute atomic E-state index is 13.6. The van der Waals surface area contributed by atoms with Crippen LogP contribution in [-0.2, 0) is 37.7 Å². The maximum Gasteiger partial charge on any atom is 0.470 e. The molecule has 1 heterocycles. The average Bonchev–Trinajstić information content (AvgIpc) is 3.20. The van der Waals surface area contributed by atoms with E-state index in [1.165, 1.54) is 103 Å². The molecule has 0 aromatic heterocycles. The van der Waals surface area contributed by atoms with Crippen molar-refractivity contribution in [2.75, 3.05) is 6.61 Å². The first-order chi connectivity index (χ1) is 28.9. The molecular weight excluding hydrogens is 789 g/mol. The summed E-state index contributed by atoms with van der Waals surface area (Å²) in [5.41, 5.74) is 0. The minimum atomic E-state index is -5.22. The van der Waals surface area contributed by atoms with Gasteiger partial charge in [0.25, 0.3) is 0 Å². The third kappa shape index (κ3) is 29.7. The molecule has 0 spiro atoms. The Balaban J connectivity index is 2.90. The number of aliphatic hydroxyl groups excluding tert-OH is 2. The van der Waals surface area contributed by atoms with Gasteiger partial charge in [-0.05, 0) is 25.7 Å². The van der Waals surface area contributed by atoms with E-state index in [-0.39, 0.29) is 25.2 Å². The van der Waals surface area contributed by atoms with E-state index in [1.54, 1.807) is 0 Å². The predicted octanol–water partition coefficient (Wildman–Crippen LogP) is 10.4. The van der Waals surface area contributed by atoms with Crippen molar-refractivity contribution in [2.45, 2.75) is 269 Å². The summed E-state index contributed by atoms with van der Waals surface area (Å²) in [5.74, 6) is -1.71. The number of nitrogens with one attached hydrogen (secondary N) is 1. The van der Waals surface area contributed by atoms with Gasteiger partial charge in [0.15, 0.2) is 12.4 Å². The molecule has 1 saturated heterocycles. The first-order valence-electron chi connectivity index (χ1n) is 24.3. The number of carbonyl (C=O) groups is 3. The summed E-state index contributed by atoms with van der Waals surface area (Å²) in [7, 11) is -5.22. The minimum absolute atomic E-state index is 0.00723. The molecule has 1 rings (SSSR count). The molecule has 354 valence electrons. The Morgan fingerprint density at radius 1 is 0.600 bits per heavy atom. The van der Waals surface area contributed by atoms with Crippen molar-refractivity contribution in [1.82, 2.24) is 5.32 Å². The lowest BCUT2D eigenvalue weighted by molar-refractivity contribution is -0.256. The van der Waals surface area contributed by atoms with Crippen LogP contribution in [0.25, 0.3) is 0 Å². The second kappa shape index (κ2) is 36.8. The Labute approximate surface area is 363 Å². The largest absolute Gasteiger partial charge is 0.470 e. The fraction of sp³-hybridized carbons (Fsp3) is 0.935. The zero-order chi connectivity index (χ0) is 44.3. The standard InChI is InChI=1S/C46H88NO12P/c1-4-7-10-13-16-19-20-23-26-29-32-35-42(51)58-45-43(46(52)57-39(37-48)44(45)59-60(53,54)55)47-40(49)36-38(33-30-27-24-21-17-14-11-8-5-2)56-41(50)34-31-28-25-22-18-15-12-9-6-3/h38-39,43-46,48,52H,4-37H2,1-3H3,(H,47,49)(H2,53,54,55)/t38?,39-,43-,44-,45-,46?/m1/s1. The summed E-state index contributed by atoms with van der Waals surface area (Å²) in [5, 5.41) is 23.6. The van der Waals surface area contributed by atoms with Gasteiger partial charge in [-0.3, -0.25) is 18.9 Å². The smallest absolute Gasteiger partial charge is 0.462 e. The lowest BCUT2D eigenvalue weighted by atomic mass is 9.96. The van der Waals surface area contributed by atoms with Crippen LogP contribution in [0.4, 0.5) is 0 Å². The highest BCUT2D eigenvalue weighted by Crippen LogP contribution is 2.42. The molecule has 60 heavy (non-hydrogen) atoms. The van der Waals surface area contributed by atoms with Gasteiger partial charge >= 0.3 is 19.8 Å². The van der Waals surface area contributed by atoms with Crippen molar-refractivity contribution in [3.05, 3.63) is 0 Å². The molecule has 0 aliphatic carbocycles. The normalized spacial score (nSPS) is 19.9. The SMILES string of the molecule is CCCCCCCCCCCCCC(=O)O[C@H]1[C@H](OP(=O)(O)O)[C@@H](CO)OC(O)[C@@H]1NC(=O)CC(CCCCCCCCCCC)OC(=O)CCCCCCCCCCC. The van der Waals surface area contributed by atoms with Gasteiger partial charge in [-0.2, -0.15) is 0 Å². The van der Waals surface area contributed by atoms with Crippen LogP contribution in [0.5, 0.6) is 0 Å². The molecule has 0 aromatic rings. The van der Waals surface area contributed by atoms with Crippen LogP contribution < -0.4 is 5.32 Å². The molecule has 1 aliphatic rings. The molecule has 0 bridgehead atoms. The number of ether oxygens (including phenoxy) is 3. The molecule has 1 aliphatic heterocycles. The highest BCUT2D eigenvalue weighted by Gasteiger charge is 2.51. The van der Waals surface area contributed by atoms with Crippen molar-refractivity contribution in [1.29, 1.82) is 0 Å². The monoisotopic (exact) mass is 878 g/mol. The Bertz CT molecular complexity index is 1120. The highest BCUT2D eigenvalue weighted by molar-refractivity contribution is 7.46. The molecule has 1 amide bonds. The molecular formula is C46H88NO12P. The summed E-state index contributed by atoms with van der Waals surface area (Å²) in [6.45, 7) is 5.79. The van der Waals surface area contributed by atoms with Crippen LogP contribution in [0.2, 0.25) is 0 Å². The molecule has 0 aromatic carbocycles. The topological polar surface area (TPSA) is 198 Å². The number of rotatable bonds is 40. The van der Waals surface area contributed by atoms with E-state index in [1.807, 2.05) is 0 Å². The van der Waals surface area contributed by atoms with Crippen LogP contribution in [0.15, 0.2) is 0 Å². The van der Waals surface area contributed by atoms with Gasteiger partial charge in [0.2, 0.25) is 5.91 Å². The third-order valence-electron chi connectivity index (χ3n) is 11.5. The van der Waals surface area contributed by atoms with Gasteiger partial charge in [-0.25, -0.2) is 4.57 Å². The number of amides is 1. The number of hydrogen-bond acceptors (Lipinski definition) is 10. The van der Waals surface area contributed by atoms with Crippen LogP contribution in [-0.4, -0.2) is 81.2 Å². The molecule has 1 fully saturated rings. The van der Waals surface area contributed by atoms with Gasteiger partial charge in [0.05, 0.1) is 13.0 Å². The summed E-state index contributed by atoms with van der Waals surface area (Å²) in [6, 6.07) is -1.50. The van der Waals surface area contributed by atoms with E-state index >= 15 is 0 Å². The van der Waals surface area contributed by atoms with Crippen LogP contribution in [0, 0.1) is 0 Å². The average molecular weight is 878 g/mol. The molecule has 14 heteroatoms. The van der Waals surface area contributed by atoms with E-state index in [9.17, 15) is 38.9 Å². The van der Waals surface area contributed by atoms with Gasteiger partial charge in [-0.15, -0.1) is 0 Å². The van der Waals surface area contributed by atoms with Crippen molar-refractivity contribution in [3.63, 3.8) is 0 Å². The van der Waals surface area contributed by atoms with Crippen LogP contribution in [0.3, 0.4) is 0 Å². The summed E-state index contributed by atoms with van der Waals surface area (Å²) in [4.78, 5) is 59.2. The second-order valence-corrected chi connectivity index (χ2v) is 18.3. The molecule has 5 N–H and O–H groups in total. The molecule has 2 unspecified atom stereocenters. The minimum Gasteiger partial charge on any atom is -0.462 e. The Kier molecular flexibility index (Phi) is 34.6. The van der Waals surface area contributed by atoms with Crippen molar-refractivity contribution < 1.29 is 57.7 Å². The zero-order valence-electron chi connectivity index (χ0n) is 38.0. The van der Waals surface area contributed by atoms with Gasteiger partial charge in [0.1, 0.15) is 24.4 Å². The number of phosphoric acid groups is 1. The predicted molar refractivity (Wildman–Crippen MR) is 236 cm³/mol. The van der Waals surface area contributed by atoms with Crippen molar-refractivity contribution in [2.24, 2.45) is 0 Å². The van der Waals surface area contributed by atoms with Crippen molar-refractivity contribution >= 4 is 25.7 Å². The quantitative estimate of drug-likeness (QED) is 0.0222. The number of hydrogen-bond donors (Lipinski definition) is 5. The molecule has 0 saturated carbocycles. The summed E-state index contributed by atoms with van der Waals surface area (Å²) in [6.07, 6.45) is 25.1. The number of unbranched alkanes of at least 4 members (excludes halogenated alkanes) is 26. The van der Waals surface area contributed by atoms with E-state index < -0.39 is 63.1 Å². The fourth-order valence-corrected chi connectivity index (χ4v) is 8.53. The summed E-state index contributed by atoms with van der Waals surface area (Å²) >= 11 is 0. The maximum atomic E-state index is 13.6. The Hall–Kier alpha value is -1.60. The van der Waals surface area contributed by atoms with Crippen LogP contribution >= 0.6 is 7.82 Å². The first kappa shape index (κ1) is 56.4. The second-order valence-electron chi connectivity index (χ2n) is 17.2. The third-order valence-corrected chi connectivity index (χ3v) is 12.0. The Morgan fingerprint density at radius 3 is 1.42 bits per heavy atom. The fourth-order valence-electron chi connectivity index (χ4n) is 7.95. The van der Waals surface area contributed by atoms with E-state index in [2.05, 4.69) is 26.1 Å². The first-order valence-corrected chi connectivity index (χ1v) is 25.8. The van der Waals surface area contributed by atoms with E-state index in [0.29, 0.717) is 19.3 Å². The van der Waals surface area contributed by atoms with Gasteiger partial charge in [0, 0.05) is 12.8 Å².